The van der Waals surface area contributed by atoms with E-state index < -0.39 is 17.7 Å². The number of Topliss-reactive ketones (excluding diaryl/α,β-unsaturated/α-hetero) is 1. The van der Waals surface area contributed by atoms with Gasteiger partial charge in [0.05, 0.1) is 28.9 Å². The molecule has 0 radical (unpaired) electrons. The normalized spacial score (nSPS) is 17.4. The zero-order valence-electron chi connectivity index (χ0n) is 22.3. The van der Waals surface area contributed by atoms with Crippen molar-refractivity contribution in [2.24, 2.45) is 0 Å². The standard InChI is InChI=1S/C31H30N2O4S/c1-17-14-18(2)25-23(15-17)38-30(32-25)33-26(19-10-12-21(13-11-19)31(3,4)5)24(28(35)29(33)36)27(34)20-8-7-9-22(16-20)37-6/h7-16,26,34H,1-6H3/b27-24+/t26-/m0/s1. The summed E-state index contributed by atoms with van der Waals surface area (Å²) in [6.45, 7) is 10.4. The van der Waals surface area contributed by atoms with Gasteiger partial charge in [-0.05, 0) is 59.7 Å². The lowest BCUT2D eigenvalue weighted by molar-refractivity contribution is -0.132. The van der Waals surface area contributed by atoms with Crippen LogP contribution < -0.4 is 9.64 Å². The number of methoxy groups -OCH3 is 1. The first-order chi connectivity index (χ1) is 18.0. The molecule has 3 aromatic carbocycles. The van der Waals surface area contributed by atoms with Crippen LogP contribution >= 0.6 is 11.3 Å². The largest absolute Gasteiger partial charge is 0.507 e. The van der Waals surface area contributed by atoms with Gasteiger partial charge in [-0.2, -0.15) is 0 Å². The van der Waals surface area contributed by atoms with Gasteiger partial charge in [-0.15, -0.1) is 0 Å². The summed E-state index contributed by atoms with van der Waals surface area (Å²) in [6, 6.07) is 17.9. The molecule has 1 aliphatic heterocycles. The summed E-state index contributed by atoms with van der Waals surface area (Å²) in [5.41, 5.74) is 5.09. The molecular weight excluding hydrogens is 496 g/mol. The summed E-state index contributed by atoms with van der Waals surface area (Å²) in [5, 5.41) is 11.9. The maximum Gasteiger partial charge on any atom is 0.301 e. The highest BCUT2D eigenvalue weighted by atomic mass is 32.1. The Morgan fingerprint density at radius 2 is 1.74 bits per heavy atom. The van der Waals surface area contributed by atoms with Gasteiger partial charge in [-0.3, -0.25) is 14.5 Å². The predicted molar refractivity (Wildman–Crippen MR) is 152 cm³/mol. The van der Waals surface area contributed by atoms with Gasteiger partial charge in [0.25, 0.3) is 5.78 Å². The number of amides is 1. The molecule has 5 rings (SSSR count). The lowest BCUT2D eigenvalue weighted by Gasteiger charge is -2.24. The van der Waals surface area contributed by atoms with Crippen LogP contribution in [-0.2, 0) is 15.0 Å². The van der Waals surface area contributed by atoms with Gasteiger partial charge in [0.15, 0.2) is 5.13 Å². The number of hydrogen-bond acceptors (Lipinski definition) is 6. The molecule has 1 N–H and O–H groups in total. The molecule has 0 unspecified atom stereocenters. The summed E-state index contributed by atoms with van der Waals surface area (Å²) in [4.78, 5) is 33.4. The molecule has 1 aliphatic rings. The maximum absolute atomic E-state index is 13.6. The van der Waals surface area contributed by atoms with Gasteiger partial charge in [-0.25, -0.2) is 4.98 Å². The third-order valence-electron chi connectivity index (χ3n) is 6.90. The number of thiazole rings is 1. The summed E-state index contributed by atoms with van der Waals surface area (Å²) in [5.74, 6) is -1.18. The second-order valence-electron chi connectivity index (χ2n) is 10.7. The molecule has 1 aromatic heterocycles. The molecule has 1 atom stereocenters. The number of fused-ring (bicyclic) bond motifs is 1. The molecular formula is C31H30N2O4S. The summed E-state index contributed by atoms with van der Waals surface area (Å²) >= 11 is 1.37. The van der Waals surface area contributed by atoms with Crippen LogP contribution in [0.1, 0.15) is 54.6 Å². The Kier molecular flexibility index (Phi) is 6.35. The van der Waals surface area contributed by atoms with Crippen LogP contribution in [0, 0.1) is 13.8 Å². The Balaban J connectivity index is 1.73. The number of ketones is 1. The molecule has 0 spiro atoms. The van der Waals surface area contributed by atoms with Gasteiger partial charge in [0.2, 0.25) is 0 Å². The molecule has 1 fully saturated rings. The van der Waals surface area contributed by atoms with E-state index in [0.29, 0.717) is 22.0 Å². The Morgan fingerprint density at radius 1 is 1.03 bits per heavy atom. The third-order valence-corrected chi connectivity index (χ3v) is 7.91. The predicted octanol–water partition coefficient (Wildman–Crippen LogP) is 6.85. The minimum Gasteiger partial charge on any atom is -0.507 e. The second-order valence-corrected chi connectivity index (χ2v) is 11.7. The van der Waals surface area contributed by atoms with Crippen molar-refractivity contribution in [3.63, 3.8) is 0 Å². The maximum atomic E-state index is 13.6. The van der Waals surface area contributed by atoms with Crippen LogP contribution in [-0.4, -0.2) is 28.9 Å². The zero-order chi connectivity index (χ0) is 27.4. The number of carbonyl (C=O) groups is 2. The van der Waals surface area contributed by atoms with Crippen molar-refractivity contribution in [3.05, 3.63) is 94.1 Å². The van der Waals surface area contributed by atoms with Crippen molar-refractivity contribution in [1.29, 1.82) is 0 Å². The topological polar surface area (TPSA) is 79.7 Å². The molecule has 0 bridgehead atoms. The van der Waals surface area contributed by atoms with Crippen LogP contribution in [0.2, 0.25) is 0 Å². The first-order valence-electron chi connectivity index (χ1n) is 12.4. The lowest BCUT2D eigenvalue weighted by Crippen LogP contribution is -2.29. The van der Waals surface area contributed by atoms with E-state index in [1.807, 2.05) is 50.2 Å². The zero-order valence-corrected chi connectivity index (χ0v) is 23.1. The highest BCUT2D eigenvalue weighted by molar-refractivity contribution is 7.22. The highest BCUT2D eigenvalue weighted by Crippen LogP contribution is 2.45. The number of ether oxygens (including phenoxy) is 1. The quantitative estimate of drug-likeness (QED) is 0.179. The minimum atomic E-state index is -0.836. The van der Waals surface area contributed by atoms with E-state index >= 15 is 0 Å². The number of aliphatic hydroxyl groups is 1. The van der Waals surface area contributed by atoms with E-state index in [2.05, 4.69) is 20.8 Å². The molecule has 2 heterocycles. The Bertz CT molecular complexity index is 1610. The second kappa shape index (κ2) is 9.40. The molecule has 38 heavy (non-hydrogen) atoms. The van der Waals surface area contributed by atoms with E-state index in [0.717, 1.165) is 26.9 Å². The highest BCUT2D eigenvalue weighted by Gasteiger charge is 2.48. The Hall–Kier alpha value is -3.97. The van der Waals surface area contributed by atoms with Gasteiger partial charge < -0.3 is 9.84 Å². The molecule has 1 amide bonds. The molecule has 6 nitrogen and oxygen atoms in total. The number of anilines is 1. The van der Waals surface area contributed by atoms with Crippen molar-refractivity contribution in [3.8, 4) is 5.75 Å². The minimum absolute atomic E-state index is 0.0268. The summed E-state index contributed by atoms with van der Waals surface area (Å²) < 4.78 is 6.25. The lowest BCUT2D eigenvalue weighted by atomic mass is 9.85. The van der Waals surface area contributed by atoms with Crippen molar-refractivity contribution in [1.82, 2.24) is 4.98 Å². The monoisotopic (exact) mass is 526 g/mol. The molecule has 7 heteroatoms. The van der Waals surface area contributed by atoms with E-state index in [9.17, 15) is 14.7 Å². The van der Waals surface area contributed by atoms with Crippen LogP contribution in [0.25, 0.3) is 16.0 Å². The number of nitrogens with zero attached hydrogens (tertiary/aromatic N) is 2. The van der Waals surface area contributed by atoms with Crippen molar-refractivity contribution >= 4 is 44.1 Å². The first kappa shape index (κ1) is 25.7. The number of aryl methyl sites for hydroxylation is 2. The average molecular weight is 527 g/mol. The van der Waals surface area contributed by atoms with Crippen molar-refractivity contribution < 1.29 is 19.4 Å². The average Bonchev–Trinajstić information content (AvgIpc) is 3.41. The Labute approximate surface area is 226 Å². The van der Waals surface area contributed by atoms with Gasteiger partial charge in [-0.1, -0.05) is 74.6 Å². The van der Waals surface area contributed by atoms with Crippen LogP contribution in [0.4, 0.5) is 5.13 Å². The van der Waals surface area contributed by atoms with Gasteiger partial charge >= 0.3 is 5.91 Å². The summed E-state index contributed by atoms with van der Waals surface area (Å²) in [7, 11) is 1.53. The van der Waals surface area contributed by atoms with E-state index in [-0.39, 0.29) is 16.7 Å². The molecule has 0 aliphatic carbocycles. The molecule has 4 aromatic rings. The number of hydrogen-bond donors (Lipinski definition) is 1. The first-order valence-corrected chi connectivity index (χ1v) is 13.2. The fourth-order valence-electron chi connectivity index (χ4n) is 4.90. The van der Waals surface area contributed by atoms with E-state index in [1.165, 1.54) is 23.3 Å². The smallest absolute Gasteiger partial charge is 0.301 e. The van der Waals surface area contributed by atoms with Crippen molar-refractivity contribution in [2.75, 3.05) is 12.0 Å². The third kappa shape index (κ3) is 4.37. The molecule has 1 saturated heterocycles. The number of rotatable bonds is 4. The number of aromatic nitrogens is 1. The Morgan fingerprint density at radius 3 is 2.39 bits per heavy atom. The van der Waals surface area contributed by atoms with Gasteiger partial charge in [0.1, 0.15) is 11.5 Å². The number of aliphatic hydroxyl groups excluding tert-OH is 1. The van der Waals surface area contributed by atoms with Crippen LogP contribution in [0.3, 0.4) is 0 Å². The summed E-state index contributed by atoms with van der Waals surface area (Å²) in [6.07, 6.45) is 0. The van der Waals surface area contributed by atoms with Crippen LogP contribution in [0.15, 0.2) is 66.2 Å². The van der Waals surface area contributed by atoms with Crippen LogP contribution in [0.5, 0.6) is 5.75 Å². The van der Waals surface area contributed by atoms with Gasteiger partial charge in [0, 0.05) is 5.56 Å². The molecule has 0 saturated carbocycles. The van der Waals surface area contributed by atoms with E-state index in [1.54, 1.807) is 24.3 Å². The SMILES string of the molecule is COc1cccc(/C(O)=C2\C(=O)C(=O)N(c3nc4c(C)cc(C)cc4s3)[C@H]2c2ccc(C(C)(C)C)cc2)c1. The molecule has 194 valence electrons. The number of benzene rings is 3. The number of carbonyl (C=O) groups excluding carboxylic acids is 2. The van der Waals surface area contributed by atoms with E-state index in [4.69, 9.17) is 9.72 Å². The van der Waals surface area contributed by atoms with Crippen molar-refractivity contribution in [2.45, 2.75) is 46.1 Å². The fourth-order valence-corrected chi connectivity index (χ4v) is 6.07. The fraction of sp³-hybridized carbons (Fsp3) is 0.258.